The Morgan fingerprint density at radius 2 is 1.86 bits per heavy atom. The number of thiophene rings is 1. The molecule has 0 saturated heterocycles. The van der Waals surface area contributed by atoms with E-state index in [1.165, 1.54) is 15.6 Å². The third kappa shape index (κ3) is 3.43. The maximum atomic E-state index is 9.37. The first-order valence-corrected chi connectivity index (χ1v) is 7.95. The smallest absolute Gasteiger partial charge is 0.119 e. The number of ether oxygens (including phenoxy) is 1. The predicted octanol–water partition coefficient (Wildman–Crippen LogP) is 4.40. The number of rotatable bonds is 5. The van der Waals surface area contributed by atoms with Gasteiger partial charge in [0.15, 0.2) is 0 Å². The molecule has 0 saturated carbocycles. The van der Waals surface area contributed by atoms with Gasteiger partial charge in [0.05, 0.1) is 6.10 Å². The third-order valence-electron chi connectivity index (χ3n) is 3.41. The van der Waals surface area contributed by atoms with Crippen molar-refractivity contribution in [1.29, 1.82) is 0 Å². The number of fused-ring (bicyclic) bond motifs is 1. The van der Waals surface area contributed by atoms with Crippen LogP contribution in [0.15, 0.2) is 53.9 Å². The van der Waals surface area contributed by atoms with Gasteiger partial charge >= 0.3 is 0 Å². The largest absolute Gasteiger partial charge is 0.489 e. The summed E-state index contributed by atoms with van der Waals surface area (Å²) in [6.07, 6.45) is 0.365. The van der Waals surface area contributed by atoms with Crippen molar-refractivity contribution >= 4 is 21.4 Å². The summed E-state index contributed by atoms with van der Waals surface area (Å²) in [5, 5.41) is 12.8. The van der Waals surface area contributed by atoms with E-state index in [-0.39, 0.29) is 6.10 Å². The number of hydrogen-bond donors (Lipinski definition) is 1. The maximum absolute atomic E-state index is 9.37. The zero-order chi connectivity index (χ0) is 14.7. The average molecular weight is 298 g/mol. The highest BCUT2D eigenvalue weighted by molar-refractivity contribution is 7.17. The Morgan fingerprint density at radius 3 is 2.62 bits per heavy atom. The minimum Gasteiger partial charge on any atom is -0.489 e. The fraction of sp³-hybridized carbons (Fsp3) is 0.222. The Labute approximate surface area is 128 Å². The molecule has 21 heavy (non-hydrogen) atoms. The highest BCUT2D eigenvalue weighted by atomic mass is 32.1. The Bertz CT molecular complexity index is 713. The molecule has 1 atom stereocenters. The Hall–Kier alpha value is -1.84. The molecule has 2 aromatic carbocycles. The van der Waals surface area contributed by atoms with Crippen molar-refractivity contribution in [1.82, 2.24) is 0 Å². The van der Waals surface area contributed by atoms with Crippen molar-refractivity contribution < 1.29 is 9.84 Å². The lowest BCUT2D eigenvalue weighted by Crippen LogP contribution is -2.03. The van der Waals surface area contributed by atoms with Gasteiger partial charge in [-0.3, -0.25) is 0 Å². The molecule has 0 amide bonds. The molecule has 3 heteroatoms. The second-order valence-electron chi connectivity index (χ2n) is 5.24. The maximum Gasteiger partial charge on any atom is 0.119 e. The van der Waals surface area contributed by atoms with Gasteiger partial charge < -0.3 is 9.84 Å². The molecule has 1 unspecified atom stereocenters. The molecule has 0 spiro atoms. The van der Waals surface area contributed by atoms with Gasteiger partial charge in [-0.2, -0.15) is 0 Å². The quantitative estimate of drug-likeness (QED) is 0.756. The molecule has 108 valence electrons. The first kappa shape index (κ1) is 14.1. The van der Waals surface area contributed by atoms with E-state index >= 15 is 0 Å². The monoisotopic (exact) mass is 298 g/mol. The van der Waals surface area contributed by atoms with Gasteiger partial charge in [0, 0.05) is 10.3 Å². The van der Waals surface area contributed by atoms with Crippen molar-refractivity contribution in [3.63, 3.8) is 0 Å². The molecular formula is C18H18O2S. The topological polar surface area (TPSA) is 29.5 Å². The van der Waals surface area contributed by atoms with E-state index in [4.69, 9.17) is 4.74 Å². The zero-order valence-electron chi connectivity index (χ0n) is 12.0. The van der Waals surface area contributed by atoms with Gasteiger partial charge in [0.2, 0.25) is 0 Å². The van der Waals surface area contributed by atoms with Crippen LogP contribution in [0.25, 0.3) is 10.1 Å². The molecule has 0 radical (unpaired) electrons. The van der Waals surface area contributed by atoms with Crippen molar-refractivity contribution in [2.24, 2.45) is 0 Å². The fourth-order valence-corrected chi connectivity index (χ4v) is 3.32. The Kier molecular flexibility index (Phi) is 4.23. The van der Waals surface area contributed by atoms with Crippen LogP contribution < -0.4 is 4.74 Å². The van der Waals surface area contributed by atoms with Crippen LogP contribution in [-0.2, 0) is 13.0 Å². The Morgan fingerprint density at radius 1 is 1.10 bits per heavy atom. The summed E-state index contributed by atoms with van der Waals surface area (Å²) in [7, 11) is 0. The van der Waals surface area contributed by atoms with Gasteiger partial charge in [0.1, 0.15) is 12.4 Å². The second-order valence-corrected chi connectivity index (χ2v) is 6.15. The molecule has 2 nitrogen and oxygen atoms in total. The van der Waals surface area contributed by atoms with E-state index < -0.39 is 0 Å². The van der Waals surface area contributed by atoms with E-state index in [1.807, 2.05) is 24.3 Å². The minimum atomic E-state index is -0.311. The molecule has 3 aromatic rings. The number of benzene rings is 2. The van der Waals surface area contributed by atoms with Crippen LogP contribution in [0.1, 0.15) is 18.1 Å². The van der Waals surface area contributed by atoms with Gasteiger partial charge in [-0.25, -0.2) is 0 Å². The first-order valence-electron chi connectivity index (χ1n) is 7.07. The second kappa shape index (κ2) is 6.29. The van der Waals surface area contributed by atoms with Crippen LogP contribution in [0.2, 0.25) is 0 Å². The van der Waals surface area contributed by atoms with Crippen molar-refractivity contribution in [2.75, 3.05) is 0 Å². The van der Waals surface area contributed by atoms with E-state index in [9.17, 15) is 5.11 Å². The van der Waals surface area contributed by atoms with Crippen LogP contribution in [0.5, 0.6) is 5.75 Å². The fourth-order valence-electron chi connectivity index (χ4n) is 2.37. The summed E-state index contributed by atoms with van der Waals surface area (Å²) >= 11 is 1.75. The van der Waals surface area contributed by atoms with Crippen molar-refractivity contribution in [3.8, 4) is 5.75 Å². The van der Waals surface area contributed by atoms with Crippen LogP contribution >= 0.6 is 11.3 Å². The highest BCUT2D eigenvalue weighted by Crippen LogP contribution is 2.26. The van der Waals surface area contributed by atoms with Crippen LogP contribution in [-0.4, -0.2) is 11.2 Å². The highest BCUT2D eigenvalue weighted by Gasteiger charge is 2.04. The average Bonchev–Trinajstić information content (AvgIpc) is 2.89. The molecule has 0 aliphatic rings. The van der Waals surface area contributed by atoms with Crippen molar-refractivity contribution in [3.05, 3.63) is 65.0 Å². The van der Waals surface area contributed by atoms with E-state index in [0.717, 1.165) is 11.3 Å². The normalized spacial score (nSPS) is 12.5. The molecule has 0 aliphatic carbocycles. The van der Waals surface area contributed by atoms with Crippen LogP contribution in [0.3, 0.4) is 0 Å². The van der Waals surface area contributed by atoms with Gasteiger partial charge in [-0.1, -0.05) is 30.3 Å². The minimum absolute atomic E-state index is 0.311. The van der Waals surface area contributed by atoms with Gasteiger partial charge in [0.25, 0.3) is 0 Å². The molecule has 1 N–H and O–H groups in total. The SMILES string of the molecule is CC(O)Cc1ccc(OCc2csc3ccccc23)cc1. The van der Waals surface area contributed by atoms with Crippen LogP contribution in [0, 0.1) is 0 Å². The summed E-state index contributed by atoms with van der Waals surface area (Å²) in [6.45, 7) is 2.38. The standard InChI is InChI=1S/C18H18O2S/c1-13(19)10-14-6-8-16(9-7-14)20-11-15-12-21-18-5-3-2-4-17(15)18/h2-9,12-13,19H,10-11H2,1H3. The molecule has 1 heterocycles. The lowest BCUT2D eigenvalue weighted by molar-refractivity contribution is 0.195. The zero-order valence-corrected chi connectivity index (χ0v) is 12.8. The first-order chi connectivity index (χ1) is 10.2. The predicted molar refractivity (Wildman–Crippen MR) is 88.0 cm³/mol. The third-order valence-corrected chi connectivity index (χ3v) is 4.42. The molecule has 0 aliphatic heterocycles. The molecule has 3 rings (SSSR count). The molecule has 1 aromatic heterocycles. The van der Waals surface area contributed by atoms with E-state index in [1.54, 1.807) is 18.3 Å². The van der Waals surface area contributed by atoms with E-state index in [0.29, 0.717) is 13.0 Å². The lowest BCUT2D eigenvalue weighted by Gasteiger charge is -2.08. The number of aliphatic hydroxyl groups excluding tert-OH is 1. The van der Waals surface area contributed by atoms with Gasteiger partial charge in [-0.15, -0.1) is 11.3 Å². The molecule has 0 fully saturated rings. The summed E-state index contributed by atoms with van der Waals surface area (Å²) in [4.78, 5) is 0. The molecule has 0 bridgehead atoms. The number of hydrogen-bond acceptors (Lipinski definition) is 3. The summed E-state index contributed by atoms with van der Waals surface area (Å²) in [5.74, 6) is 0.861. The Balaban J connectivity index is 1.67. The summed E-state index contributed by atoms with van der Waals surface area (Å²) < 4.78 is 7.16. The van der Waals surface area contributed by atoms with Gasteiger partial charge in [-0.05, 0) is 47.9 Å². The lowest BCUT2D eigenvalue weighted by atomic mass is 10.1. The summed E-state index contributed by atoms with van der Waals surface area (Å²) in [5.41, 5.74) is 2.35. The summed E-state index contributed by atoms with van der Waals surface area (Å²) in [6, 6.07) is 16.3. The number of aliphatic hydroxyl groups is 1. The molecular weight excluding hydrogens is 280 g/mol. The van der Waals surface area contributed by atoms with Crippen LogP contribution in [0.4, 0.5) is 0 Å². The van der Waals surface area contributed by atoms with Crippen molar-refractivity contribution in [2.45, 2.75) is 26.1 Å². The van der Waals surface area contributed by atoms with E-state index in [2.05, 4.69) is 29.6 Å².